The van der Waals surface area contributed by atoms with Gasteiger partial charge < -0.3 is 0 Å². The summed E-state index contributed by atoms with van der Waals surface area (Å²) in [4.78, 5) is 13.2. The number of sulfonamides is 1. The number of hydrogen-bond donors (Lipinski definition) is 0. The van der Waals surface area contributed by atoms with Gasteiger partial charge in [0.1, 0.15) is 4.21 Å². The first-order valence-corrected chi connectivity index (χ1v) is 8.63. The minimum absolute atomic E-state index is 0.148. The first-order valence-electron chi connectivity index (χ1n) is 5.43. The zero-order valence-electron chi connectivity index (χ0n) is 10.1. The third-order valence-corrected chi connectivity index (χ3v) is 6.22. The van der Waals surface area contributed by atoms with Gasteiger partial charge in [-0.3, -0.25) is 9.69 Å². The molecule has 102 valence electrons. The molecule has 1 aliphatic rings. The van der Waals surface area contributed by atoms with Crippen LogP contribution in [0.15, 0.2) is 38.8 Å². The fourth-order valence-electron chi connectivity index (χ4n) is 1.51. The molecule has 0 spiro atoms. The highest BCUT2D eigenvalue weighted by molar-refractivity contribution is 8.16. The summed E-state index contributed by atoms with van der Waals surface area (Å²) in [5, 5.41) is 1.56. The van der Waals surface area contributed by atoms with Gasteiger partial charge in [0, 0.05) is 6.54 Å². The van der Waals surface area contributed by atoms with E-state index in [9.17, 15) is 13.2 Å². The molecule has 1 aliphatic heterocycles. The van der Waals surface area contributed by atoms with E-state index in [4.69, 9.17) is 0 Å². The Kier molecular flexibility index (Phi) is 4.12. The van der Waals surface area contributed by atoms with E-state index in [0.29, 0.717) is 0 Å². The molecule has 0 saturated carbocycles. The van der Waals surface area contributed by atoms with Crippen molar-refractivity contribution in [3.05, 3.63) is 30.2 Å². The second kappa shape index (κ2) is 5.48. The van der Waals surface area contributed by atoms with Crippen LogP contribution in [0.1, 0.15) is 6.92 Å². The number of thioether (sulfide) groups is 1. The summed E-state index contributed by atoms with van der Waals surface area (Å²) in [7, 11) is -3.74. The zero-order valence-corrected chi connectivity index (χ0v) is 12.6. The van der Waals surface area contributed by atoms with Crippen LogP contribution in [-0.4, -0.2) is 36.2 Å². The summed E-state index contributed by atoms with van der Waals surface area (Å²) < 4.78 is 28.1. The normalized spacial score (nSPS) is 22.2. The minimum atomic E-state index is -3.74. The predicted octanol–water partition coefficient (Wildman–Crippen LogP) is 1.94. The van der Waals surface area contributed by atoms with Crippen LogP contribution in [-0.2, 0) is 14.8 Å². The molecule has 1 atom stereocenters. The molecular weight excluding hydrogens is 304 g/mol. The van der Waals surface area contributed by atoms with E-state index in [0.717, 1.165) is 23.1 Å². The molecule has 1 saturated heterocycles. The van der Waals surface area contributed by atoms with Gasteiger partial charge in [0.2, 0.25) is 5.91 Å². The summed E-state index contributed by atoms with van der Waals surface area (Å²) >= 11 is 2.25. The van der Waals surface area contributed by atoms with Crippen molar-refractivity contribution in [2.24, 2.45) is 4.40 Å². The molecule has 0 aromatic carbocycles. The van der Waals surface area contributed by atoms with E-state index < -0.39 is 10.0 Å². The van der Waals surface area contributed by atoms with Crippen molar-refractivity contribution in [2.45, 2.75) is 16.4 Å². The number of thiophene rings is 1. The Morgan fingerprint density at radius 2 is 2.32 bits per heavy atom. The number of amides is 1. The van der Waals surface area contributed by atoms with Crippen molar-refractivity contribution >= 4 is 44.2 Å². The van der Waals surface area contributed by atoms with Gasteiger partial charge in [0.05, 0.1) is 5.25 Å². The van der Waals surface area contributed by atoms with E-state index in [-0.39, 0.29) is 27.1 Å². The fraction of sp³-hybridized carbons (Fsp3) is 0.273. The van der Waals surface area contributed by atoms with Gasteiger partial charge in [-0.15, -0.1) is 22.3 Å². The SMILES string of the molecule is C=CCN1C(=O)C(C)SC1=NS(=O)(=O)c1cccs1. The molecule has 2 heterocycles. The van der Waals surface area contributed by atoms with Crippen LogP contribution in [0.3, 0.4) is 0 Å². The Morgan fingerprint density at radius 3 is 2.89 bits per heavy atom. The van der Waals surface area contributed by atoms with Gasteiger partial charge in [-0.1, -0.05) is 23.9 Å². The Labute approximate surface area is 120 Å². The summed E-state index contributed by atoms with van der Waals surface area (Å²) in [6, 6.07) is 3.14. The molecule has 0 N–H and O–H groups in total. The number of carbonyl (C=O) groups is 1. The first kappa shape index (κ1) is 14.3. The lowest BCUT2D eigenvalue weighted by Crippen LogP contribution is -2.31. The minimum Gasteiger partial charge on any atom is -0.286 e. The maximum absolute atomic E-state index is 12.1. The van der Waals surface area contributed by atoms with Crippen LogP contribution < -0.4 is 0 Å². The van der Waals surface area contributed by atoms with Crippen LogP contribution in [0.5, 0.6) is 0 Å². The molecule has 0 bridgehead atoms. The Bertz CT molecular complexity index is 620. The lowest BCUT2D eigenvalue weighted by atomic mass is 10.4. The first-order chi connectivity index (χ1) is 8.95. The van der Waals surface area contributed by atoms with Crippen molar-refractivity contribution in [1.82, 2.24) is 4.90 Å². The third kappa shape index (κ3) is 2.90. The van der Waals surface area contributed by atoms with Crippen LogP contribution in [0.2, 0.25) is 0 Å². The van der Waals surface area contributed by atoms with E-state index in [2.05, 4.69) is 11.0 Å². The van der Waals surface area contributed by atoms with Crippen molar-refractivity contribution in [3.63, 3.8) is 0 Å². The van der Waals surface area contributed by atoms with Crippen molar-refractivity contribution < 1.29 is 13.2 Å². The molecule has 1 fully saturated rings. The topological polar surface area (TPSA) is 66.8 Å². The Morgan fingerprint density at radius 1 is 1.58 bits per heavy atom. The molecule has 1 aromatic rings. The second-order valence-electron chi connectivity index (χ2n) is 3.78. The van der Waals surface area contributed by atoms with Crippen LogP contribution in [0.4, 0.5) is 0 Å². The van der Waals surface area contributed by atoms with Gasteiger partial charge in [-0.05, 0) is 18.4 Å². The summed E-state index contributed by atoms with van der Waals surface area (Å²) in [5.41, 5.74) is 0. The monoisotopic (exact) mass is 316 g/mol. The van der Waals surface area contributed by atoms with E-state index in [1.165, 1.54) is 11.0 Å². The largest absolute Gasteiger partial charge is 0.294 e. The smallest absolute Gasteiger partial charge is 0.286 e. The fourth-order valence-corrected chi connectivity index (χ4v) is 4.67. The lowest BCUT2D eigenvalue weighted by molar-refractivity contribution is -0.125. The van der Waals surface area contributed by atoms with Gasteiger partial charge >= 0.3 is 0 Å². The van der Waals surface area contributed by atoms with Gasteiger partial charge in [0.15, 0.2) is 5.17 Å². The van der Waals surface area contributed by atoms with Gasteiger partial charge in [-0.25, -0.2) is 0 Å². The van der Waals surface area contributed by atoms with Crippen LogP contribution in [0, 0.1) is 0 Å². The second-order valence-corrected chi connectivity index (χ2v) is 7.87. The molecular formula is C11H12N2O3S3. The van der Waals surface area contributed by atoms with Gasteiger partial charge in [0.25, 0.3) is 10.0 Å². The molecule has 1 amide bonds. The molecule has 0 radical (unpaired) electrons. The number of nitrogens with zero attached hydrogens (tertiary/aromatic N) is 2. The highest BCUT2D eigenvalue weighted by Crippen LogP contribution is 2.29. The molecule has 8 heteroatoms. The highest BCUT2D eigenvalue weighted by atomic mass is 32.2. The van der Waals surface area contributed by atoms with E-state index >= 15 is 0 Å². The quantitative estimate of drug-likeness (QED) is 0.796. The average Bonchev–Trinajstić information content (AvgIpc) is 2.95. The van der Waals surface area contributed by atoms with Crippen LogP contribution in [0.25, 0.3) is 0 Å². The highest BCUT2D eigenvalue weighted by Gasteiger charge is 2.35. The number of carbonyl (C=O) groups excluding carboxylic acids is 1. The Balaban J connectivity index is 2.37. The number of rotatable bonds is 4. The van der Waals surface area contributed by atoms with Crippen molar-refractivity contribution in [3.8, 4) is 0 Å². The maximum Gasteiger partial charge on any atom is 0.294 e. The molecule has 5 nitrogen and oxygen atoms in total. The molecule has 0 aliphatic carbocycles. The summed E-state index contributed by atoms with van der Waals surface area (Å²) in [6.45, 7) is 5.54. The molecule has 1 aromatic heterocycles. The number of amidine groups is 1. The third-order valence-electron chi connectivity index (χ3n) is 2.39. The Hall–Kier alpha value is -1.12. The lowest BCUT2D eigenvalue weighted by Gasteiger charge is -2.12. The zero-order chi connectivity index (χ0) is 14.0. The van der Waals surface area contributed by atoms with E-state index in [1.807, 2.05) is 0 Å². The summed E-state index contributed by atoms with van der Waals surface area (Å²) in [6.07, 6.45) is 1.55. The summed E-state index contributed by atoms with van der Waals surface area (Å²) in [5.74, 6) is -0.148. The standard InChI is InChI=1S/C11H12N2O3S3/c1-3-6-13-10(14)8(2)18-11(13)12-19(15,16)9-5-4-7-17-9/h3-5,7-8H,1,6H2,2H3. The van der Waals surface area contributed by atoms with Crippen LogP contribution >= 0.6 is 23.1 Å². The van der Waals surface area contributed by atoms with Crippen molar-refractivity contribution in [2.75, 3.05) is 6.54 Å². The number of hydrogen-bond acceptors (Lipinski definition) is 5. The van der Waals surface area contributed by atoms with Crippen molar-refractivity contribution in [1.29, 1.82) is 0 Å². The van der Waals surface area contributed by atoms with E-state index in [1.54, 1.807) is 24.4 Å². The molecule has 19 heavy (non-hydrogen) atoms. The predicted molar refractivity (Wildman–Crippen MR) is 77.9 cm³/mol. The maximum atomic E-state index is 12.1. The molecule has 2 rings (SSSR count). The molecule has 1 unspecified atom stereocenters. The average molecular weight is 316 g/mol. The van der Waals surface area contributed by atoms with Gasteiger partial charge in [-0.2, -0.15) is 8.42 Å².